The highest BCUT2D eigenvalue weighted by Crippen LogP contribution is 2.25. The first-order valence-electron chi connectivity index (χ1n) is 5.47. The highest BCUT2D eigenvalue weighted by Gasteiger charge is 2.13. The summed E-state index contributed by atoms with van der Waals surface area (Å²) in [7, 11) is 0. The lowest BCUT2D eigenvalue weighted by atomic mass is 9.86. The first-order chi connectivity index (χ1) is 7.02. The maximum atomic E-state index is 10.8. The smallest absolute Gasteiger partial charge is 0.310 e. The van der Waals surface area contributed by atoms with Gasteiger partial charge in [0.25, 0.3) is 0 Å². The van der Waals surface area contributed by atoms with Crippen molar-refractivity contribution in [2.24, 2.45) is 5.41 Å². The largest absolute Gasteiger partial charge is 0.435 e. The first-order valence-corrected chi connectivity index (χ1v) is 5.47. The predicted octanol–water partition coefficient (Wildman–Crippen LogP) is 3.84. The van der Waals surface area contributed by atoms with Crippen LogP contribution in [-0.2, 0) is 9.53 Å². The average Bonchev–Trinajstić information content (AvgIpc) is 2.21. The number of hydrogen-bond acceptors (Lipinski definition) is 2. The molecule has 0 aliphatic heterocycles. The highest BCUT2D eigenvalue weighted by atomic mass is 16.5. The maximum Gasteiger partial charge on any atom is 0.310 e. The molecule has 0 unspecified atom stereocenters. The molecule has 0 aliphatic carbocycles. The summed E-state index contributed by atoms with van der Waals surface area (Å²) in [6, 6.07) is 0. The SMILES string of the molecule is C/C=C/CC(C)(C)C/C=C/OC(=O)CC. The lowest BCUT2D eigenvalue weighted by molar-refractivity contribution is -0.137. The Morgan fingerprint density at radius 3 is 2.40 bits per heavy atom. The van der Waals surface area contributed by atoms with Crippen molar-refractivity contribution < 1.29 is 9.53 Å². The molecule has 0 aliphatic rings. The van der Waals surface area contributed by atoms with Crippen molar-refractivity contribution in [3.63, 3.8) is 0 Å². The molecule has 0 saturated heterocycles. The van der Waals surface area contributed by atoms with Crippen LogP contribution in [0.4, 0.5) is 0 Å². The molecule has 0 bridgehead atoms. The van der Waals surface area contributed by atoms with E-state index in [0.29, 0.717) is 6.42 Å². The number of allylic oxidation sites excluding steroid dienone is 3. The van der Waals surface area contributed by atoms with E-state index in [0.717, 1.165) is 12.8 Å². The molecule has 15 heavy (non-hydrogen) atoms. The molecule has 0 spiro atoms. The van der Waals surface area contributed by atoms with Crippen LogP contribution >= 0.6 is 0 Å². The minimum atomic E-state index is -0.183. The van der Waals surface area contributed by atoms with Gasteiger partial charge >= 0.3 is 5.97 Å². The topological polar surface area (TPSA) is 26.3 Å². The Balaban J connectivity index is 3.86. The molecule has 0 atom stereocenters. The minimum absolute atomic E-state index is 0.183. The van der Waals surface area contributed by atoms with Gasteiger partial charge in [-0.05, 0) is 31.3 Å². The number of carbonyl (C=O) groups is 1. The monoisotopic (exact) mass is 210 g/mol. The number of hydrogen-bond donors (Lipinski definition) is 0. The summed E-state index contributed by atoms with van der Waals surface area (Å²) in [6.07, 6.45) is 10.0. The van der Waals surface area contributed by atoms with Crippen LogP contribution in [0.5, 0.6) is 0 Å². The summed E-state index contributed by atoms with van der Waals surface area (Å²) < 4.78 is 4.85. The van der Waals surface area contributed by atoms with Gasteiger partial charge in [-0.2, -0.15) is 0 Å². The Morgan fingerprint density at radius 1 is 1.27 bits per heavy atom. The van der Waals surface area contributed by atoms with Crippen molar-refractivity contribution in [2.45, 2.75) is 47.0 Å². The van der Waals surface area contributed by atoms with Crippen molar-refractivity contribution in [2.75, 3.05) is 0 Å². The van der Waals surface area contributed by atoms with Gasteiger partial charge in [0.15, 0.2) is 0 Å². The molecular weight excluding hydrogens is 188 g/mol. The molecule has 0 aromatic rings. The van der Waals surface area contributed by atoms with Crippen LogP contribution in [0.1, 0.15) is 47.0 Å². The van der Waals surface area contributed by atoms with E-state index in [-0.39, 0.29) is 11.4 Å². The minimum Gasteiger partial charge on any atom is -0.435 e. The van der Waals surface area contributed by atoms with Crippen molar-refractivity contribution in [3.8, 4) is 0 Å². The van der Waals surface area contributed by atoms with E-state index in [9.17, 15) is 4.79 Å². The van der Waals surface area contributed by atoms with Crippen LogP contribution in [0.3, 0.4) is 0 Å². The Kier molecular flexibility index (Phi) is 6.76. The van der Waals surface area contributed by atoms with E-state index in [4.69, 9.17) is 4.74 Å². The maximum absolute atomic E-state index is 10.8. The molecule has 2 nitrogen and oxygen atoms in total. The van der Waals surface area contributed by atoms with Gasteiger partial charge in [0.2, 0.25) is 0 Å². The fraction of sp³-hybridized carbons (Fsp3) is 0.615. The molecular formula is C13H22O2. The lowest BCUT2D eigenvalue weighted by Crippen LogP contribution is -2.08. The van der Waals surface area contributed by atoms with Gasteiger partial charge in [-0.3, -0.25) is 4.79 Å². The van der Waals surface area contributed by atoms with E-state index in [1.165, 1.54) is 6.26 Å². The number of ether oxygens (including phenoxy) is 1. The standard InChI is InChI=1S/C13H22O2/c1-5-7-9-13(3,4)10-8-11-15-12(14)6-2/h5,7-8,11H,6,9-10H2,1-4H3/b7-5+,11-8+. The van der Waals surface area contributed by atoms with Gasteiger partial charge in [-0.15, -0.1) is 0 Å². The van der Waals surface area contributed by atoms with Gasteiger partial charge in [-0.25, -0.2) is 0 Å². The summed E-state index contributed by atoms with van der Waals surface area (Å²) >= 11 is 0. The summed E-state index contributed by atoms with van der Waals surface area (Å²) in [5.41, 5.74) is 0.224. The van der Waals surface area contributed by atoms with Crippen LogP contribution < -0.4 is 0 Å². The molecule has 0 aromatic carbocycles. The Labute approximate surface area is 93.0 Å². The van der Waals surface area contributed by atoms with E-state index in [2.05, 4.69) is 26.0 Å². The van der Waals surface area contributed by atoms with Crippen molar-refractivity contribution in [3.05, 3.63) is 24.5 Å². The van der Waals surface area contributed by atoms with E-state index in [1.807, 2.05) is 13.0 Å². The van der Waals surface area contributed by atoms with E-state index >= 15 is 0 Å². The fourth-order valence-corrected chi connectivity index (χ4v) is 1.09. The summed E-state index contributed by atoms with van der Waals surface area (Å²) in [6.45, 7) is 8.19. The van der Waals surface area contributed by atoms with E-state index in [1.54, 1.807) is 6.92 Å². The normalized spacial score (nSPS) is 12.5. The third kappa shape index (κ3) is 7.98. The molecule has 2 heteroatoms. The Bertz CT molecular complexity index is 237. The predicted molar refractivity (Wildman–Crippen MR) is 63.4 cm³/mol. The molecule has 0 saturated carbocycles. The van der Waals surface area contributed by atoms with Crippen molar-refractivity contribution in [1.29, 1.82) is 0 Å². The van der Waals surface area contributed by atoms with Gasteiger partial charge in [0.05, 0.1) is 6.26 Å². The van der Waals surface area contributed by atoms with E-state index < -0.39 is 0 Å². The van der Waals surface area contributed by atoms with Crippen LogP contribution in [0.2, 0.25) is 0 Å². The zero-order valence-corrected chi connectivity index (χ0v) is 10.2. The fourth-order valence-electron chi connectivity index (χ4n) is 1.09. The van der Waals surface area contributed by atoms with Crippen LogP contribution in [0.25, 0.3) is 0 Å². The summed E-state index contributed by atoms with van der Waals surface area (Å²) in [4.78, 5) is 10.8. The third-order valence-corrected chi connectivity index (χ3v) is 2.16. The quantitative estimate of drug-likeness (QED) is 0.378. The van der Waals surface area contributed by atoms with Gasteiger partial charge in [0, 0.05) is 6.42 Å². The molecule has 0 aromatic heterocycles. The molecule has 0 rings (SSSR count). The first kappa shape index (κ1) is 13.9. The molecule has 86 valence electrons. The Morgan fingerprint density at radius 2 is 1.87 bits per heavy atom. The number of esters is 1. The van der Waals surface area contributed by atoms with Crippen LogP contribution in [0.15, 0.2) is 24.5 Å². The zero-order valence-electron chi connectivity index (χ0n) is 10.2. The molecule has 0 amide bonds. The van der Waals surface area contributed by atoms with Crippen molar-refractivity contribution >= 4 is 5.97 Å². The zero-order chi connectivity index (χ0) is 11.7. The van der Waals surface area contributed by atoms with Crippen LogP contribution in [0, 0.1) is 5.41 Å². The molecule has 0 N–H and O–H groups in total. The highest BCUT2D eigenvalue weighted by molar-refractivity contribution is 5.69. The van der Waals surface area contributed by atoms with Crippen LogP contribution in [-0.4, -0.2) is 5.97 Å². The number of rotatable bonds is 6. The summed E-state index contributed by atoms with van der Waals surface area (Å²) in [5, 5.41) is 0. The summed E-state index contributed by atoms with van der Waals surface area (Å²) in [5.74, 6) is -0.183. The number of carbonyl (C=O) groups excluding carboxylic acids is 1. The van der Waals surface area contributed by atoms with Gasteiger partial charge in [-0.1, -0.05) is 32.9 Å². The van der Waals surface area contributed by atoms with Gasteiger partial charge < -0.3 is 4.74 Å². The Hall–Kier alpha value is -1.05. The second kappa shape index (κ2) is 7.27. The molecule has 0 fully saturated rings. The average molecular weight is 210 g/mol. The van der Waals surface area contributed by atoms with Crippen molar-refractivity contribution in [1.82, 2.24) is 0 Å². The third-order valence-electron chi connectivity index (χ3n) is 2.16. The van der Waals surface area contributed by atoms with Gasteiger partial charge in [0.1, 0.15) is 0 Å². The lowest BCUT2D eigenvalue weighted by Gasteiger charge is -2.20. The second-order valence-corrected chi connectivity index (χ2v) is 4.36. The molecule has 0 heterocycles. The molecule has 0 radical (unpaired) electrons. The second-order valence-electron chi connectivity index (χ2n) is 4.36.